The zero-order valence-corrected chi connectivity index (χ0v) is 20.2. The van der Waals surface area contributed by atoms with Crippen LogP contribution in [0.4, 0.5) is 4.39 Å². The molecule has 5 rings (SSSR count). The molecule has 0 fully saturated rings. The summed E-state index contributed by atoms with van der Waals surface area (Å²) in [6.45, 7) is -0.445. The molecule has 0 aliphatic rings. The van der Waals surface area contributed by atoms with E-state index in [1.807, 2.05) is 79.0 Å². The van der Waals surface area contributed by atoms with Crippen molar-refractivity contribution in [3.8, 4) is 33.6 Å². The topological polar surface area (TPSA) is 25.8 Å². The molecule has 0 saturated carbocycles. The minimum absolute atomic E-state index is 0. The van der Waals surface area contributed by atoms with E-state index in [1.165, 1.54) is 11.1 Å². The maximum atomic E-state index is 12.2. The Morgan fingerprint density at radius 3 is 2.06 bits per heavy atom. The van der Waals surface area contributed by atoms with Crippen LogP contribution in [-0.4, -0.2) is 9.97 Å². The van der Waals surface area contributed by atoms with Crippen molar-refractivity contribution in [2.45, 2.75) is 6.67 Å². The minimum atomic E-state index is -0.445. The Hall–Kier alpha value is -3.46. The van der Waals surface area contributed by atoms with E-state index in [0.717, 1.165) is 22.5 Å². The molecule has 0 unspecified atom stereocenters. The van der Waals surface area contributed by atoms with Crippen molar-refractivity contribution in [2.24, 2.45) is 0 Å². The van der Waals surface area contributed by atoms with Crippen LogP contribution in [0, 0.1) is 12.1 Å². The molecule has 4 heteroatoms. The van der Waals surface area contributed by atoms with Gasteiger partial charge in [-0.3, -0.25) is 4.39 Å². The number of aromatic nitrogens is 2. The summed E-state index contributed by atoms with van der Waals surface area (Å²) in [7, 11) is 0. The van der Waals surface area contributed by atoms with Crippen molar-refractivity contribution in [1.29, 1.82) is 0 Å². The molecule has 3 aromatic carbocycles. The largest absolute Gasteiger partial charge is 0.305 e. The first-order chi connectivity index (χ1) is 15.8. The Morgan fingerprint density at radius 2 is 1.39 bits per heavy atom. The number of halogens is 1. The Bertz CT molecular complexity index is 1170. The van der Waals surface area contributed by atoms with Crippen LogP contribution in [-0.2, 0) is 26.8 Å². The smallest absolute Gasteiger partial charge is 0.0814 e. The molecule has 0 spiro atoms. The van der Waals surface area contributed by atoms with Gasteiger partial charge < -0.3 is 9.97 Å². The maximum Gasteiger partial charge on any atom is 0.0814 e. The number of pyridine rings is 2. The fourth-order valence-electron chi connectivity index (χ4n) is 3.16. The van der Waals surface area contributed by atoms with Gasteiger partial charge in [0.2, 0.25) is 0 Å². The second kappa shape index (κ2) is 12.5. The SMILES string of the molecule is FCc1c[c-]c(-c2ccccn2)cc1.[Ir].[c-]1ccccc1-c1cc(-c2ccccc2)ccn1. The van der Waals surface area contributed by atoms with Gasteiger partial charge in [0, 0.05) is 32.5 Å². The van der Waals surface area contributed by atoms with Gasteiger partial charge in [0.25, 0.3) is 0 Å². The Balaban J connectivity index is 0.000000186. The van der Waals surface area contributed by atoms with Crippen molar-refractivity contribution in [2.75, 3.05) is 0 Å². The summed E-state index contributed by atoms with van der Waals surface area (Å²) in [5.74, 6) is 0. The molecule has 1 radical (unpaired) electrons. The zero-order valence-electron chi connectivity index (χ0n) is 17.8. The van der Waals surface area contributed by atoms with E-state index in [0.29, 0.717) is 5.56 Å². The van der Waals surface area contributed by atoms with Crippen molar-refractivity contribution in [3.63, 3.8) is 0 Å². The van der Waals surface area contributed by atoms with Gasteiger partial charge in [-0.05, 0) is 34.6 Å². The van der Waals surface area contributed by atoms with Crippen LogP contribution in [0.2, 0.25) is 0 Å². The van der Waals surface area contributed by atoms with E-state index in [2.05, 4.69) is 40.3 Å². The average Bonchev–Trinajstić information content (AvgIpc) is 2.91. The third-order valence-electron chi connectivity index (χ3n) is 4.82. The second-order valence-electron chi connectivity index (χ2n) is 7.03. The number of hydrogen-bond donors (Lipinski definition) is 0. The van der Waals surface area contributed by atoms with Gasteiger partial charge >= 0.3 is 0 Å². The number of alkyl halides is 1. The monoisotopic (exact) mass is 609 g/mol. The molecule has 165 valence electrons. The molecule has 0 aliphatic carbocycles. The van der Waals surface area contributed by atoms with E-state index >= 15 is 0 Å². The summed E-state index contributed by atoms with van der Waals surface area (Å²) in [6, 6.07) is 39.5. The van der Waals surface area contributed by atoms with E-state index in [9.17, 15) is 4.39 Å². The molecule has 2 aromatic heterocycles. The van der Waals surface area contributed by atoms with E-state index in [4.69, 9.17) is 0 Å². The first kappa shape index (κ1) is 24.2. The summed E-state index contributed by atoms with van der Waals surface area (Å²) >= 11 is 0. The number of rotatable bonds is 4. The van der Waals surface area contributed by atoms with Crippen molar-refractivity contribution in [3.05, 3.63) is 133 Å². The number of benzene rings is 3. The van der Waals surface area contributed by atoms with Crippen LogP contribution in [0.25, 0.3) is 33.6 Å². The third kappa shape index (κ3) is 6.76. The van der Waals surface area contributed by atoms with Gasteiger partial charge in [-0.15, -0.1) is 65.7 Å². The summed E-state index contributed by atoms with van der Waals surface area (Å²) in [5.41, 5.74) is 6.76. The molecular formula is C29H21FIrN2-2. The number of nitrogens with zero attached hydrogens (tertiary/aromatic N) is 2. The molecule has 0 amide bonds. The predicted molar refractivity (Wildman–Crippen MR) is 127 cm³/mol. The molecular weight excluding hydrogens is 588 g/mol. The molecule has 5 aromatic rings. The van der Waals surface area contributed by atoms with Gasteiger partial charge in [-0.2, -0.15) is 0 Å². The van der Waals surface area contributed by atoms with Crippen LogP contribution >= 0.6 is 0 Å². The number of hydrogen-bond acceptors (Lipinski definition) is 2. The summed E-state index contributed by atoms with van der Waals surface area (Å²) in [4.78, 5) is 8.58. The second-order valence-corrected chi connectivity index (χ2v) is 7.03. The first-order valence-corrected chi connectivity index (χ1v) is 10.3. The Morgan fingerprint density at radius 1 is 0.636 bits per heavy atom. The minimum Gasteiger partial charge on any atom is -0.305 e. The van der Waals surface area contributed by atoms with E-state index < -0.39 is 6.67 Å². The van der Waals surface area contributed by atoms with E-state index in [-0.39, 0.29) is 20.1 Å². The van der Waals surface area contributed by atoms with E-state index in [1.54, 1.807) is 18.3 Å². The predicted octanol–water partition coefficient (Wildman–Crippen LogP) is 7.23. The molecule has 33 heavy (non-hydrogen) atoms. The molecule has 0 bridgehead atoms. The van der Waals surface area contributed by atoms with Crippen molar-refractivity contribution < 1.29 is 24.5 Å². The van der Waals surface area contributed by atoms with Gasteiger partial charge in [0.15, 0.2) is 0 Å². The van der Waals surface area contributed by atoms with Gasteiger partial charge in [0.05, 0.1) is 6.67 Å². The average molecular weight is 609 g/mol. The normalized spacial score (nSPS) is 9.85. The van der Waals surface area contributed by atoms with Crippen molar-refractivity contribution in [1.82, 2.24) is 9.97 Å². The van der Waals surface area contributed by atoms with Crippen LogP contribution in [0.5, 0.6) is 0 Å². The van der Waals surface area contributed by atoms with Crippen LogP contribution in [0.3, 0.4) is 0 Å². The van der Waals surface area contributed by atoms with Gasteiger partial charge in [-0.1, -0.05) is 54.1 Å². The molecule has 2 heterocycles. The summed E-state index contributed by atoms with van der Waals surface area (Å²) in [6.07, 6.45) is 3.57. The fourth-order valence-corrected chi connectivity index (χ4v) is 3.16. The molecule has 0 saturated heterocycles. The van der Waals surface area contributed by atoms with Gasteiger partial charge in [-0.25, -0.2) is 0 Å². The van der Waals surface area contributed by atoms with Gasteiger partial charge in [0.1, 0.15) is 0 Å². The zero-order chi connectivity index (χ0) is 22.0. The maximum absolute atomic E-state index is 12.2. The van der Waals surface area contributed by atoms with Crippen molar-refractivity contribution >= 4 is 0 Å². The van der Waals surface area contributed by atoms with Crippen LogP contribution in [0.1, 0.15) is 5.56 Å². The quantitative estimate of drug-likeness (QED) is 0.201. The summed E-state index contributed by atoms with van der Waals surface area (Å²) in [5, 5.41) is 0. The summed E-state index contributed by atoms with van der Waals surface area (Å²) < 4.78 is 12.2. The third-order valence-corrected chi connectivity index (χ3v) is 4.82. The Labute approximate surface area is 207 Å². The Kier molecular flexibility index (Phi) is 9.19. The standard InChI is InChI=1S/C17H12N.C12H9FN.Ir/c1-3-7-14(8-4-1)16-11-12-18-17(13-16)15-9-5-2-6-10-15;13-9-10-4-6-11(7-5-10)12-3-1-2-8-14-12;/h1-9,11-13H;1-6,8H,9H2;/q2*-1;. The molecule has 0 atom stereocenters. The van der Waals surface area contributed by atoms with Crippen LogP contribution < -0.4 is 0 Å². The molecule has 0 N–H and O–H groups in total. The van der Waals surface area contributed by atoms with Crippen LogP contribution in [0.15, 0.2) is 116 Å². The molecule has 2 nitrogen and oxygen atoms in total. The fraction of sp³-hybridized carbons (Fsp3) is 0.0345. The first-order valence-electron chi connectivity index (χ1n) is 10.3. The molecule has 0 aliphatic heterocycles.